The standard InChI is InChI=1S/C13H16F2N2O3/c1-17-6-5-9(12(17)18)16-10-7-8(19-2)3-4-11(10)20-13(14)15/h3-4,7,9,13,16H,5-6H2,1-2H3/t9-/m1/s1. The first-order valence-corrected chi connectivity index (χ1v) is 6.15. The summed E-state index contributed by atoms with van der Waals surface area (Å²) >= 11 is 0. The second-order valence-corrected chi connectivity index (χ2v) is 4.49. The highest BCUT2D eigenvalue weighted by molar-refractivity contribution is 5.87. The molecule has 1 heterocycles. The first kappa shape index (κ1) is 14.4. The molecule has 0 spiro atoms. The SMILES string of the molecule is COc1ccc(OC(F)F)c(N[C@@H]2CCN(C)C2=O)c1. The summed E-state index contributed by atoms with van der Waals surface area (Å²) in [7, 11) is 3.17. The fourth-order valence-corrected chi connectivity index (χ4v) is 2.09. The van der Waals surface area contributed by atoms with Gasteiger partial charge in [0, 0.05) is 19.7 Å². The van der Waals surface area contributed by atoms with Crippen LogP contribution in [0.1, 0.15) is 6.42 Å². The largest absolute Gasteiger partial charge is 0.497 e. The van der Waals surface area contributed by atoms with E-state index in [0.29, 0.717) is 24.4 Å². The predicted molar refractivity (Wildman–Crippen MR) is 69.3 cm³/mol. The van der Waals surface area contributed by atoms with Gasteiger partial charge in [-0.2, -0.15) is 8.78 Å². The molecule has 0 aliphatic carbocycles. The topological polar surface area (TPSA) is 50.8 Å². The van der Waals surface area contributed by atoms with Crippen molar-refractivity contribution in [1.29, 1.82) is 0 Å². The number of nitrogens with zero attached hydrogens (tertiary/aromatic N) is 1. The molecule has 20 heavy (non-hydrogen) atoms. The van der Waals surface area contributed by atoms with Crippen LogP contribution in [0.25, 0.3) is 0 Å². The summed E-state index contributed by atoms with van der Waals surface area (Å²) in [6, 6.07) is 4.00. The highest BCUT2D eigenvalue weighted by Crippen LogP contribution is 2.32. The summed E-state index contributed by atoms with van der Waals surface area (Å²) in [6.07, 6.45) is 0.612. The number of methoxy groups -OCH3 is 1. The number of halogens is 2. The summed E-state index contributed by atoms with van der Waals surface area (Å²) in [4.78, 5) is 13.4. The first-order chi connectivity index (χ1) is 9.51. The molecule has 1 aliphatic rings. The van der Waals surface area contributed by atoms with E-state index in [-0.39, 0.29) is 11.7 Å². The van der Waals surface area contributed by atoms with Gasteiger partial charge < -0.3 is 19.7 Å². The number of carbonyl (C=O) groups excluding carboxylic acids is 1. The van der Waals surface area contributed by atoms with Gasteiger partial charge in [0.2, 0.25) is 5.91 Å². The summed E-state index contributed by atoms with van der Waals surface area (Å²) in [5.74, 6) is 0.409. The Morgan fingerprint density at radius 2 is 2.20 bits per heavy atom. The van der Waals surface area contributed by atoms with Crippen molar-refractivity contribution in [1.82, 2.24) is 4.90 Å². The lowest BCUT2D eigenvalue weighted by Crippen LogP contribution is -2.31. The lowest BCUT2D eigenvalue weighted by molar-refractivity contribution is -0.127. The monoisotopic (exact) mass is 286 g/mol. The first-order valence-electron chi connectivity index (χ1n) is 6.15. The lowest BCUT2D eigenvalue weighted by atomic mass is 10.2. The molecular weight excluding hydrogens is 270 g/mol. The fraction of sp³-hybridized carbons (Fsp3) is 0.462. The quantitative estimate of drug-likeness (QED) is 0.898. The van der Waals surface area contributed by atoms with Crippen molar-refractivity contribution in [3.63, 3.8) is 0 Å². The molecule has 1 aromatic rings. The van der Waals surface area contributed by atoms with Crippen molar-refractivity contribution in [2.45, 2.75) is 19.1 Å². The molecule has 1 amide bonds. The van der Waals surface area contributed by atoms with Gasteiger partial charge in [0.15, 0.2) is 0 Å². The summed E-state index contributed by atoms with van der Waals surface area (Å²) in [5, 5.41) is 2.94. The molecule has 1 aliphatic heterocycles. The van der Waals surface area contributed by atoms with Crippen LogP contribution in [0.4, 0.5) is 14.5 Å². The number of hydrogen-bond acceptors (Lipinski definition) is 4. The van der Waals surface area contributed by atoms with Crippen LogP contribution in [0, 0.1) is 0 Å². The second kappa shape index (κ2) is 5.94. The minimum atomic E-state index is -2.93. The zero-order chi connectivity index (χ0) is 14.7. The van der Waals surface area contributed by atoms with E-state index in [1.807, 2.05) is 0 Å². The van der Waals surface area contributed by atoms with Crippen molar-refractivity contribution in [2.75, 3.05) is 26.0 Å². The van der Waals surface area contributed by atoms with E-state index in [0.717, 1.165) is 0 Å². The van der Waals surface area contributed by atoms with Crippen LogP contribution in [-0.4, -0.2) is 44.2 Å². The molecule has 110 valence electrons. The highest BCUT2D eigenvalue weighted by atomic mass is 19.3. The van der Waals surface area contributed by atoms with Crippen LogP contribution in [0.15, 0.2) is 18.2 Å². The van der Waals surface area contributed by atoms with E-state index in [9.17, 15) is 13.6 Å². The Morgan fingerprint density at radius 1 is 1.45 bits per heavy atom. The van der Waals surface area contributed by atoms with Gasteiger partial charge in [-0.25, -0.2) is 0 Å². The van der Waals surface area contributed by atoms with Crippen LogP contribution in [0.5, 0.6) is 11.5 Å². The zero-order valence-electron chi connectivity index (χ0n) is 11.2. The third-order valence-corrected chi connectivity index (χ3v) is 3.16. The smallest absolute Gasteiger partial charge is 0.387 e. The molecule has 0 radical (unpaired) electrons. The van der Waals surface area contributed by atoms with Gasteiger partial charge >= 0.3 is 6.61 Å². The van der Waals surface area contributed by atoms with Crippen LogP contribution >= 0.6 is 0 Å². The van der Waals surface area contributed by atoms with Crippen molar-refractivity contribution in [3.8, 4) is 11.5 Å². The van der Waals surface area contributed by atoms with Gasteiger partial charge in [0.05, 0.1) is 12.8 Å². The molecule has 0 aromatic heterocycles. The summed E-state index contributed by atoms with van der Waals surface area (Å²) in [5.41, 5.74) is 0.318. The normalized spacial score (nSPS) is 18.6. The van der Waals surface area contributed by atoms with E-state index < -0.39 is 12.7 Å². The van der Waals surface area contributed by atoms with Crippen LogP contribution in [0.3, 0.4) is 0 Å². The summed E-state index contributed by atoms with van der Waals surface area (Å²) in [6.45, 7) is -2.29. The average molecular weight is 286 g/mol. The van der Waals surface area contributed by atoms with E-state index in [2.05, 4.69) is 10.1 Å². The molecule has 2 rings (SSSR count). The number of amides is 1. The van der Waals surface area contributed by atoms with Gasteiger partial charge in [-0.05, 0) is 18.6 Å². The minimum absolute atomic E-state index is 0.0110. The zero-order valence-corrected chi connectivity index (χ0v) is 11.2. The van der Waals surface area contributed by atoms with E-state index >= 15 is 0 Å². The molecule has 7 heteroatoms. The molecule has 1 fully saturated rings. The van der Waals surface area contributed by atoms with E-state index in [4.69, 9.17) is 4.74 Å². The Kier molecular flexibility index (Phi) is 4.26. The molecule has 1 N–H and O–H groups in total. The highest BCUT2D eigenvalue weighted by Gasteiger charge is 2.29. The molecule has 1 saturated heterocycles. The third kappa shape index (κ3) is 3.09. The number of likely N-dealkylation sites (N-methyl/N-ethyl adjacent to an activating group) is 1. The number of anilines is 1. The van der Waals surface area contributed by atoms with E-state index in [1.54, 1.807) is 11.9 Å². The number of nitrogens with one attached hydrogen (secondary N) is 1. The Balaban J connectivity index is 2.21. The van der Waals surface area contributed by atoms with Gasteiger partial charge in [-0.3, -0.25) is 4.79 Å². The van der Waals surface area contributed by atoms with Gasteiger partial charge in [0.1, 0.15) is 17.5 Å². The van der Waals surface area contributed by atoms with Crippen molar-refractivity contribution >= 4 is 11.6 Å². The summed E-state index contributed by atoms with van der Waals surface area (Å²) < 4.78 is 34.2. The van der Waals surface area contributed by atoms with Crippen LogP contribution in [0.2, 0.25) is 0 Å². The van der Waals surface area contributed by atoms with Gasteiger partial charge in [-0.1, -0.05) is 0 Å². The van der Waals surface area contributed by atoms with E-state index in [1.165, 1.54) is 25.3 Å². The Morgan fingerprint density at radius 3 is 2.75 bits per heavy atom. The Bertz CT molecular complexity index is 497. The van der Waals surface area contributed by atoms with Crippen molar-refractivity contribution in [2.24, 2.45) is 0 Å². The van der Waals surface area contributed by atoms with Crippen molar-refractivity contribution < 1.29 is 23.0 Å². The number of benzene rings is 1. The second-order valence-electron chi connectivity index (χ2n) is 4.49. The number of likely N-dealkylation sites (tertiary alicyclic amines) is 1. The fourth-order valence-electron chi connectivity index (χ4n) is 2.09. The number of ether oxygens (including phenoxy) is 2. The molecule has 5 nitrogen and oxygen atoms in total. The molecular formula is C13H16F2N2O3. The molecule has 1 atom stereocenters. The van der Waals surface area contributed by atoms with Crippen LogP contribution < -0.4 is 14.8 Å². The third-order valence-electron chi connectivity index (χ3n) is 3.16. The molecule has 0 unspecified atom stereocenters. The predicted octanol–water partition coefficient (Wildman–Crippen LogP) is 1.94. The number of alkyl halides is 2. The maximum absolute atomic E-state index is 12.4. The Hall–Kier alpha value is -2.05. The van der Waals surface area contributed by atoms with Gasteiger partial charge in [0.25, 0.3) is 0 Å². The molecule has 1 aromatic carbocycles. The maximum Gasteiger partial charge on any atom is 0.387 e. The molecule has 0 bridgehead atoms. The number of rotatable bonds is 5. The van der Waals surface area contributed by atoms with Gasteiger partial charge in [-0.15, -0.1) is 0 Å². The minimum Gasteiger partial charge on any atom is -0.497 e. The maximum atomic E-state index is 12.4. The number of hydrogen-bond donors (Lipinski definition) is 1. The Labute approximate surface area is 115 Å². The lowest BCUT2D eigenvalue weighted by Gasteiger charge is -2.17. The molecule has 0 saturated carbocycles. The van der Waals surface area contributed by atoms with Crippen molar-refractivity contribution in [3.05, 3.63) is 18.2 Å². The van der Waals surface area contributed by atoms with Crippen LogP contribution in [-0.2, 0) is 4.79 Å². The average Bonchev–Trinajstić information content (AvgIpc) is 2.72. The number of carbonyl (C=O) groups is 1.